The Balaban J connectivity index is 0.00000936. The molecule has 7 rings (SSSR count). The quantitative estimate of drug-likeness (QED) is 0.0152. The molecule has 5 aromatic rings. The van der Waals surface area contributed by atoms with Crippen molar-refractivity contribution >= 4 is 72.5 Å². The van der Waals surface area contributed by atoms with E-state index in [0.717, 1.165) is 86.4 Å². The van der Waals surface area contributed by atoms with Crippen LogP contribution in [-0.4, -0.2) is 87.4 Å². The number of para-hydroxylation sites is 2. The summed E-state index contributed by atoms with van der Waals surface area (Å²) >= 11 is 0. The molecule has 0 fully saturated rings. The molecule has 546 valence electrons. The average Bonchev–Trinajstić information content (AvgIpc) is 1.58. The maximum atomic E-state index is 16.1. The first-order valence-corrected chi connectivity index (χ1v) is 39.9. The molecule has 2 aliphatic heterocycles. The molecule has 0 bridgehead atoms. The van der Waals surface area contributed by atoms with Gasteiger partial charge in [0.2, 0.25) is 0 Å². The van der Waals surface area contributed by atoms with Crippen molar-refractivity contribution in [2.24, 2.45) is 22.0 Å². The Hall–Kier alpha value is -5.46. The van der Waals surface area contributed by atoms with Crippen LogP contribution < -0.4 is 83.5 Å². The second kappa shape index (κ2) is 47.2. The minimum atomic E-state index is -5.25. The molecule has 0 saturated heterocycles. The summed E-state index contributed by atoms with van der Waals surface area (Å²) < 4.78 is 102. The molecule has 0 aromatic heterocycles. The fourth-order valence-corrected chi connectivity index (χ4v) is 14.6. The topological polar surface area (TPSA) is 254 Å². The molecule has 19 nitrogen and oxygen atoms in total. The number of hydrazone groups is 2. The minimum absolute atomic E-state index is 0. The van der Waals surface area contributed by atoms with Crippen LogP contribution in [0.2, 0.25) is 0 Å². The van der Waals surface area contributed by atoms with Gasteiger partial charge in [0, 0.05) is 11.6 Å². The zero-order valence-electron chi connectivity index (χ0n) is 61.5. The van der Waals surface area contributed by atoms with Crippen LogP contribution in [0.15, 0.2) is 141 Å². The Morgan fingerprint density at radius 2 is 0.755 bits per heavy atom. The third-order valence-corrected chi connectivity index (χ3v) is 20.3. The van der Waals surface area contributed by atoms with Crippen LogP contribution in [0, 0.1) is 11.8 Å². The smallest absolute Gasteiger partial charge is 0.744 e. The number of unbranched alkanes of at least 4 members (excludes halogenated alkanes) is 28. The van der Waals surface area contributed by atoms with Gasteiger partial charge in [-0.1, -0.05) is 242 Å². The number of carbonyl (C=O) groups excluding carboxylic acids is 4. The summed E-state index contributed by atoms with van der Waals surface area (Å²) in [6.07, 6.45) is 34.4. The third-order valence-electron chi connectivity index (χ3n) is 18.6. The Labute approximate surface area is 652 Å². The molecule has 0 radical (unpaired) electrons. The Kier molecular flexibility index (Phi) is 40.3. The Morgan fingerprint density at radius 3 is 1.06 bits per heavy atom. The Bertz CT molecular complexity index is 3430. The summed E-state index contributed by atoms with van der Waals surface area (Å²) in [5.74, 6) is -6.11. The van der Waals surface area contributed by atoms with Gasteiger partial charge < -0.3 is 33.0 Å². The van der Waals surface area contributed by atoms with E-state index in [0.29, 0.717) is 35.5 Å². The first-order valence-electron chi connectivity index (χ1n) is 37.1. The summed E-state index contributed by atoms with van der Waals surface area (Å²) in [4.78, 5) is 58.5. The van der Waals surface area contributed by atoms with E-state index in [1.807, 2.05) is 0 Å². The molecule has 2 unspecified atom stereocenters. The van der Waals surface area contributed by atoms with Crippen LogP contribution in [0.25, 0.3) is 0 Å². The molecule has 0 N–H and O–H groups in total. The van der Waals surface area contributed by atoms with Gasteiger partial charge in [-0.25, -0.2) is 26.9 Å². The summed E-state index contributed by atoms with van der Waals surface area (Å²) in [5, 5.41) is 12.3. The molecule has 2 heterocycles. The molecule has 0 saturated carbocycles. The van der Waals surface area contributed by atoms with Crippen molar-refractivity contribution in [3.63, 3.8) is 0 Å². The molecular formula is C79H107N5Na2O14S2. The van der Waals surface area contributed by atoms with Crippen molar-refractivity contribution < 1.29 is 123 Å². The second-order valence-electron chi connectivity index (χ2n) is 26.4. The number of hydrogen-bond donors (Lipinski definition) is 0. The van der Waals surface area contributed by atoms with E-state index < -0.39 is 71.5 Å². The van der Waals surface area contributed by atoms with Crippen LogP contribution in [0.4, 0.5) is 17.1 Å². The van der Waals surface area contributed by atoms with Gasteiger partial charge in [-0.05, 0) is 118 Å². The van der Waals surface area contributed by atoms with Crippen molar-refractivity contribution in [1.82, 2.24) is 0 Å². The van der Waals surface area contributed by atoms with E-state index in [2.05, 4.69) is 13.8 Å². The molecule has 0 spiro atoms. The maximum absolute atomic E-state index is 16.1. The normalized spacial score (nSPS) is 14.8. The molecular weight excluding hydrogens is 1350 g/mol. The fraction of sp³-hybridized carbons (Fsp3) is 0.544. The van der Waals surface area contributed by atoms with Crippen molar-refractivity contribution in [2.75, 3.05) is 41.2 Å². The zero-order chi connectivity index (χ0) is 71.5. The van der Waals surface area contributed by atoms with Gasteiger partial charge in [-0.15, -0.1) is 0 Å². The van der Waals surface area contributed by atoms with E-state index >= 15 is 9.59 Å². The summed E-state index contributed by atoms with van der Waals surface area (Å²) in [6.45, 7) is 7.37. The van der Waals surface area contributed by atoms with Gasteiger partial charge in [0.05, 0.1) is 57.6 Å². The number of hydrogen-bond acceptors (Lipinski definition) is 17. The summed E-state index contributed by atoms with van der Waals surface area (Å²) in [7, 11) is -10.5. The standard InChI is InChI=1S/C79H109N5O14S2.2Na/c1-5-9-11-13-15-17-19-21-23-25-27-29-31-33-41-47-67-76(78(87)83(80-67)63-53-55-69(71(57-63)99(89,90)91)97-65-43-37-35-38-44-65)75(61-49-51-62(52-50-61)82(59-73(85)95-7-3)60-74(86)96-8-4)77-68(48-42-34-32-30-28-26-24-22-20-18-16-14-12-10-6-2)81-84(79(77)88)64-54-56-70(72(58-64)100(92,93)94)98-66-45-39-36-40-46-66;;/h35-40,43-46,49-58,75-77H,5-34,41-42,47-48,59-60H2,1-4H3,(H,89,90,91)(H,92,93,94);;/q;2*+1/p-2. The van der Waals surface area contributed by atoms with Gasteiger partial charge >= 0.3 is 71.1 Å². The van der Waals surface area contributed by atoms with E-state index in [-0.39, 0.29) is 133 Å². The maximum Gasteiger partial charge on any atom is 1.00 e. The summed E-state index contributed by atoms with van der Waals surface area (Å²) in [5.41, 5.74) is 1.54. The van der Waals surface area contributed by atoms with Crippen molar-refractivity contribution in [3.8, 4) is 23.0 Å². The summed E-state index contributed by atoms with van der Waals surface area (Å²) in [6, 6.07) is 31.1. The number of anilines is 3. The molecule has 2 aliphatic rings. The van der Waals surface area contributed by atoms with Crippen molar-refractivity contribution in [2.45, 2.75) is 249 Å². The van der Waals surface area contributed by atoms with Crippen LogP contribution in [-0.2, 0) is 48.9 Å². The van der Waals surface area contributed by atoms with Gasteiger partial charge in [0.25, 0.3) is 11.8 Å². The van der Waals surface area contributed by atoms with Gasteiger partial charge in [-0.3, -0.25) is 19.2 Å². The van der Waals surface area contributed by atoms with E-state index in [4.69, 9.17) is 29.2 Å². The molecule has 2 amide bonds. The average molecular weight is 1460 g/mol. The van der Waals surface area contributed by atoms with Gasteiger partial charge in [0.1, 0.15) is 56.3 Å². The number of carbonyl (C=O) groups is 4. The van der Waals surface area contributed by atoms with Crippen LogP contribution in [0.3, 0.4) is 0 Å². The van der Waals surface area contributed by atoms with Crippen LogP contribution >= 0.6 is 0 Å². The Morgan fingerprint density at radius 1 is 0.441 bits per heavy atom. The molecule has 5 aromatic carbocycles. The number of esters is 2. The molecule has 0 aliphatic carbocycles. The number of rotatable bonds is 50. The third kappa shape index (κ3) is 28.4. The predicted molar refractivity (Wildman–Crippen MR) is 392 cm³/mol. The van der Waals surface area contributed by atoms with Crippen molar-refractivity contribution in [3.05, 3.63) is 127 Å². The molecule has 102 heavy (non-hydrogen) atoms. The van der Waals surface area contributed by atoms with Crippen LogP contribution in [0.1, 0.15) is 245 Å². The predicted octanol–water partition coefficient (Wildman–Crippen LogP) is 12.7. The van der Waals surface area contributed by atoms with E-state index in [1.165, 1.54) is 145 Å². The monoisotopic (exact) mass is 1460 g/mol. The number of amides is 2. The first kappa shape index (κ1) is 87.2. The molecule has 23 heteroatoms. The van der Waals surface area contributed by atoms with E-state index in [9.17, 15) is 35.5 Å². The SMILES string of the molecule is CCCCCCCCCCCCCCCCCC1=NN(c2ccc(Oc3ccccc3)c(S(=O)(=O)[O-])c2)C(=O)C1C(c1ccc(N(CC(=O)OCC)CC(=O)OCC)cc1)C1C(=O)N(c2ccc(Oc3ccccc3)c(S(=O)(=O)[O-])c2)N=C1CCCCCCCCCCCCCCCCC.[Na+].[Na+]. The van der Waals surface area contributed by atoms with Gasteiger partial charge in [0.15, 0.2) is 0 Å². The minimum Gasteiger partial charge on any atom is -0.744 e. The van der Waals surface area contributed by atoms with E-state index in [1.54, 1.807) is 98.8 Å². The number of ether oxygens (including phenoxy) is 4. The molecule has 2 atom stereocenters. The zero-order valence-corrected chi connectivity index (χ0v) is 67.1. The van der Waals surface area contributed by atoms with Crippen LogP contribution in [0.5, 0.6) is 23.0 Å². The first-order chi connectivity index (χ1) is 48.4. The number of nitrogens with zero attached hydrogens (tertiary/aromatic N) is 5. The second-order valence-corrected chi connectivity index (χ2v) is 29.1. The largest absolute Gasteiger partial charge is 1.00 e. The van der Waals surface area contributed by atoms with Crippen molar-refractivity contribution in [1.29, 1.82) is 0 Å². The van der Waals surface area contributed by atoms with Gasteiger partial charge in [-0.2, -0.15) is 10.2 Å². The fourth-order valence-electron chi connectivity index (χ4n) is 13.4. The number of benzene rings is 5.